The van der Waals surface area contributed by atoms with Crippen LogP contribution in [0, 0.1) is 0 Å². The van der Waals surface area contributed by atoms with Crippen LogP contribution in [-0.2, 0) is 14.3 Å². The van der Waals surface area contributed by atoms with Gasteiger partial charge in [-0.3, -0.25) is 10.1 Å². The first-order chi connectivity index (χ1) is 6.81. The Kier molecular flexibility index (Phi) is 3.03. The second-order valence-corrected chi connectivity index (χ2v) is 3.98. The molecule has 0 aromatic heterocycles. The zero-order valence-corrected chi connectivity index (χ0v) is 8.49. The van der Waals surface area contributed by atoms with Crippen molar-refractivity contribution in [2.24, 2.45) is 0 Å². The third-order valence-corrected chi connectivity index (χ3v) is 3.08. The van der Waals surface area contributed by atoms with Gasteiger partial charge in [-0.2, -0.15) is 0 Å². The number of esters is 1. The summed E-state index contributed by atoms with van der Waals surface area (Å²) in [6.45, 7) is 0.867. The first-order valence-electron chi connectivity index (χ1n) is 5.26. The van der Waals surface area contributed by atoms with E-state index in [1.807, 2.05) is 0 Å². The summed E-state index contributed by atoms with van der Waals surface area (Å²) in [5.74, 6) is -0.148. The molecule has 1 N–H and O–H groups in total. The molecule has 3 atom stereocenters. The molecule has 0 spiro atoms. The minimum absolute atomic E-state index is 0.116. The molecule has 2 rings (SSSR count). The SMILES string of the molecule is COC(=O)C1CCC(C2CCCO2)N1. The normalized spacial score (nSPS) is 37.4. The van der Waals surface area contributed by atoms with Crippen molar-refractivity contribution in [2.75, 3.05) is 13.7 Å². The van der Waals surface area contributed by atoms with Crippen LogP contribution in [0.2, 0.25) is 0 Å². The van der Waals surface area contributed by atoms with Crippen LogP contribution in [0.25, 0.3) is 0 Å². The number of hydrogen-bond donors (Lipinski definition) is 1. The van der Waals surface area contributed by atoms with Gasteiger partial charge in [0.1, 0.15) is 6.04 Å². The molecular formula is C10H17NO3. The Morgan fingerprint density at radius 2 is 2.29 bits per heavy atom. The largest absolute Gasteiger partial charge is 0.468 e. The Labute approximate surface area is 84.0 Å². The van der Waals surface area contributed by atoms with E-state index in [2.05, 4.69) is 5.32 Å². The van der Waals surface area contributed by atoms with Crippen molar-refractivity contribution >= 4 is 5.97 Å². The monoisotopic (exact) mass is 199 g/mol. The lowest BCUT2D eigenvalue weighted by Gasteiger charge is -2.18. The van der Waals surface area contributed by atoms with Crippen LogP contribution in [-0.4, -0.2) is 37.9 Å². The maximum atomic E-state index is 11.2. The van der Waals surface area contributed by atoms with Crippen LogP contribution in [0.1, 0.15) is 25.7 Å². The molecule has 0 saturated carbocycles. The average molecular weight is 199 g/mol. The van der Waals surface area contributed by atoms with Gasteiger partial charge in [0, 0.05) is 12.6 Å². The van der Waals surface area contributed by atoms with Crippen molar-refractivity contribution in [3.05, 3.63) is 0 Å². The van der Waals surface area contributed by atoms with E-state index in [-0.39, 0.29) is 12.0 Å². The molecule has 2 heterocycles. The topological polar surface area (TPSA) is 47.6 Å². The van der Waals surface area contributed by atoms with Gasteiger partial charge in [0.15, 0.2) is 0 Å². The van der Waals surface area contributed by atoms with Gasteiger partial charge in [-0.25, -0.2) is 0 Å². The molecule has 14 heavy (non-hydrogen) atoms. The van der Waals surface area contributed by atoms with Crippen LogP contribution in [0.15, 0.2) is 0 Å². The quantitative estimate of drug-likeness (QED) is 0.656. The van der Waals surface area contributed by atoms with Crippen molar-refractivity contribution in [3.8, 4) is 0 Å². The van der Waals surface area contributed by atoms with Gasteiger partial charge in [-0.15, -0.1) is 0 Å². The van der Waals surface area contributed by atoms with Crippen molar-refractivity contribution in [3.63, 3.8) is 0 Å². The molecule has 2 aliphatic heterocycles. The van der Waals surface area contributed by atoms with Gasteiger partial charge in [-0.1, -0.05) is 0 Å². The van der Waals surface area contributed by atoms with E-state index in [1.54, 1.807) is 0 Å². The van der Waals surface area contributed by atoms with Crippen molar-refractivity contribution in [1.29, 1.82) is 0 Å². The molecule has 0 radical (unpaired) electrons. The molecule has 0 aromatic carbocycles. The van der Waals surface area contributed by atoms with Gasteiger partial charge in [0.05, 0.1) is 13.2 Å². The second-order valence-electron chi connectivity index (χ2n) is 3.98. The van der Waals surface area contributed by atoms with Gasteiger partial charge >= 0.3 is 5.97 Å². The molecule has 0 aliphatic carbocycles. The van der Waals surface area contributed by atoms with Crippen molar-refractivity contribution in [1.82, 2.24) is 5.32 Å². The van der Waals surface area contributed by atoms with E-state index < -0.39 is 0 Å². The molecule has 4 nitrogen and oxygen atoms in total. The van der Waals surface area contributed by atoms with E-state index in [9.17, 15) is 4.79 Å². The average Bonchev–Trinajstić information content (AvgIpc) is 2.86. The summed E-state index contributed by atoms with van der Waals surface area (Å²) in [6.07, 6.45) is 4.46. The summed E-state index contributed by atoms with van der Waals surface area (Å²) < 4.78 is 10.3. The van der Waals surface area contributed by atoms with Crippen LogP contribution in [0.3, 0.4) is 0 Å². The number of carbonyl (C=O) groups is 1. The molecule has 80 valence electrons. The summed E-state index contributed by atoms with van der Waals surface area (Å²) in [7, 11) is 1.43. The molecule has 0 aromatic rings. The summed E-state index contributed by atoms with van der Waals surface area (Å²) >= 11 is 0. The number of carbonyl (C=O) groups excluding carboxylic acids is 1. The molecule has 3 unspecified atom stereocenters. The van der Waals surface area contributed by atoms with Crippen LogP contribution in [0.5, 0.6) is 0 Å². The highest BCUT2D eigenvalue weighted by Gasteiger charge is 2.35. The summed E-state index contributed by atoms with van der Waals surface area (Å²) in [4.78, 5) is 11.2. The van der Waals surface area contributed by atoms with Gasteiger partial charge in [0.2, 0.25) is 0 Å². The fourth-order valence-electron chi connectivity index (χ4n) is 2.31. The second kappa shape index (κ2) is 4.28. The molecule has 4 heteroatoms. The Morgan fingerprint density at radius 3 is 2.93 bits per heavy atom. The third kappa shape index (κ3) is 1.91. The van der Waals surface area contributed by atoms with Gasteiger partial charge in [-0.05, 0) is 25.7 Å². The van der Waals surface area contributed by atoms with Crippen LogP contribution < -0.4 is 5.32 Å². The minimum Gasteiger partial charge on any atom is -0.468 e. The first-order valence-corrected chi connectivity index (χ1v) is 5.26. The predicted octanol–water partition coefficient (Wildman–Crippen LogP) is 0.459. The smallest absolute Gasteiger partial charge is 0.322 e. The number of methoxy groups -OCH3 is 1. The summed E-state index contributed by atoms with van der Waals surface area (Å²) in [6, 6.07) is 0.232. The minimum atomic E-state index is -0.148. The molecule has 2 aliphatic rings. The fourth-order valence-corrected chi connectivity index (χ4v) is 2.31. The summed E-state index contributed by atoms with van der Waals surface area (Å²) in [5, 5.41) is 3.28. The van der Waals surface area contributed by atoms with Gasteiger partial charge in [0.25, 0.3) is 0 Å². The lowest BCUT2D eigenvalue weighted by Crippen LogP contribution is -2.41. The molecule has 2 saturated heterocycles. The molecule has 2 fully saturated rings. The number of nitrogens with one attached hydrogen (secondary N) is 1. The summed E-state index contributed by atoms with van der Waals surface area (Å²) in [5.41, 5.74) is 0. The van der Waals surface area contributed by atoms with Crippen molar-refractivity contribution in [2.45, 2.75) is 43.9 Å². The predicted molar refractivity (Wildman–Crippen MR) is 50.9 cm³/mol. The van der Waals surface area contributed by atoms with E-state index in [0.717, 1.165) is 32.3 Å². The van der Waals surface area contributed by atoms with Crippen LogP contribution >= 0.6 is 0 Å². The molecule has 0 amide bonds. The third-order valence-electron chi connectivity index (χ3n) is 3.08. The highest BCUT2D eigenvalue weighted by Crippen LogP contribution is 2.24. The zero-order valence-electron chi connectivity index (χ0n) is 8.49. The number of hydrogen-bond acceptors (Lipinski definition) is 4. The lowest BCUT2D eigenvalue weighted by atomic mass is 10.1. The molecular weight excluding hydrogens is 182 g/mol. The Bertz CT molecular complexity index is 213. The standard InChI is InChI=1S/C10H17NO3/c1-13-10(12)8-5-4-7(11-8)9-3-2-6-14-9/h7-9,11H,2-6H2,1H3. The van der Waals surface area contributed by atoms with E-state index in [0.29, 0.717) is 12.1 Å². The first kappa shape index (κ1) is 9.93. The highest BCUT2D eigenvalue weighted by atomic mass is 16.5. The van der Waals surface area contributed by atoms with E-state index >= 15 is 0 Å². The van der Waals surface area contributed by atoms with Gasteiger partial charge < -0.3 is 9.47 Å². The number of ether oxygens (including phenoxy) is 2. The fraction of sp³-hybridized carbons (Fsp3) is 0.900. The Balaban J connectivity index is 1.84. The van der Waals surface area contributed by atoms with E-state index in [4.69, 9.17) is 9.47 Å². The highest BCUT2D eigenvalue weighted by molar-refractivity contribution is 5.76. The maximum Gasteiger partial charge on any atom is 0.322 e. The Morgan fingerprint density at radius 1 is 1.43 bits per heavy atom. The van der Waals surface area contributed by atoms with Crippen molar-refractivity contribution < 1.29 is 14.3 Å². The maximum absolute atomic E-state index is 11.2. The number of rotatable bonds is 2. The lowest BCUT2D eigenvalue weighted by molar-refractivity contribution is -0.142. The zero-order chi connectivity index (χ0) is 9.97. The van der Waals surface area contributed by atoms with E-state index in [1.165, 1.54) is 7.11 Å². The molecule has 0 bridgehead atoms. The van der Waals surface area contributed by atoms with Crippen LogP contribution in [0.4, 0.5) is 0 Å². The Hall–Kier alpha value is -0.610.